The van der Waals surface area contributed by atoms with E-state index in [9.17, 15) is 14.4 Å². The van der Waals surface area contributed by atoms with Crippen molar-refractivity contribution in [2.75, 3.05) is 20.2 Å². The number of nitrogens with one attached hydrogen (secondary N) is 1. The highest BCUT2D eigenvalue weighted by molar-refractivity contribution is 6.32. The van der Waals surface area contributed by atoms with Gasteiger partial charge in [0.1, 0.15) is 5.15 Å². The van der Waals surface area contributed by atoms with E-state index < -0.39 is 18.5 Å². The largest absolute Gasteiger partial charge is 0.452 e. The van der Waals surface area contributed by atoms with Gasteiger partial charge in [-0.1, -0.05) is 11.6 Å². The van der Waals surface area contributed by atoms with Crippen LogP contribution in [0.5, 0.6) is 0 Å². The minimum absolute atomic E-state index is 0.0112. The van der Waals surface area contributed by atoms with E-state index in [1.807, 2.05) is 0 Å². The number of hydrogen-bond donors (Lipinski definition) is 1. The van der Waals surface area contributed by atoms with Gasteiger partial charge in [-0.25, -0.2) is 9.78 Å². The molecule has 1 N–H and O–H groups in total. The number of pyridine rings is 1. The van der Waals surface area contributed by atoms with Crippen LogP contribution in [0.3, 0.4) is 0 Å². The molecular formula is C14H16ClN3O4. The summed E-state index contributed by atoms with van der Waals surface area (Å²) in [5.41, 5.74) is 0.0890. The molecule has 0 aliphatic heterocycles. The molecule has 1 aromatic heterocycles. The van der Waals surface area contributed by atoms with Gasteiger partial charge in [0, 0.05) is 19.3 Å². The van der Waals surface area contributed by atoms with Gasteiger partial charge in [-0.2, -0.15) is 0 Å². The normalized spacial score (nSPS) is 13.4. The van der Waals surface area contributed by atoms with Crippen molar-refractivity contribution < 1.29 is 19.1 Å². The molecule has 22 heavy (non-hydrogen) atoms. The monoisotopic (exact) mass is 325 g/mol. The molecule has 8 heteroatoms. The third kappa shape index (κ3) is 4.70. The SMILES string of the molecule is CN(CC(=O)NC1CC1)C(=O)COC(=O)c1cccnc1Cl. The van der Waals surface area contributed by atoms with Crippen LogP contribution < -0.4 is 5.32 Å². The van der Waals surface area contributed by atoms with Crippen molar-refractivity contribution in [2.24, 2.45) is 0 Å². The van der Waals surface area contributed by atoms with Gasteiger partial charge in [-0.05, 0) is 25.0 Å². The van der Waals surface area contributed by atoms with Gasteiger partial charge < -0.3 is 15.0 Å². The third-order valence-electron chi connectivity index (χ3n) is 3.05. The number of nitrogens with zero attached hydrogens (tertiary/aromatic N) is 2. The molecule has 0 atom stereocenters. The first kappa shape index (κ1) is 16.2. The van der Waals surface area contributed by atoms with E-state index in [1.165, 1.54) is 24.2 Å². The van der Waals surface area contributed by atoms with Gasteiger partial charge in [0.15, 0.2) is 6.61 Å². The van der Waals surface area contributed by atoms with Crippen LogP contribution in [0.1, 0.15) is 23.2 Å². The average Bonchev–Trinajstić information content (AvgIpc) is 3.28. The van der Waals surface area contributed by atoms with Gasteiger partial charge in [0.25, 0.3) is 5.91 Å². The topological polar surface area (TPSA) is 88.6 Å². The summed E-state index contributed by atoms with van der Waals surface area (Å²) in [6.07, 6.45) is 3.40. The summed E-state index contributed by atoms with van der Waals surface area (Å²) in [6.45, 7) is -0.530. The Morgan fingerprint density at radius 2 is 2.18 bits per heavy atom. The molecule has 2 rings (SSSR count). The number of aromatic nitrogens is 1. The quantitative estimate of drug-likeness (QED) is 0.612. The molecule has 0 unspecified atom stereocenters. The lowest BCUT2D eigenvalue weighted by Crippen LogP contribution is -2.40. The summed E-state index contributed by atoms with van der Waals surface area (Å²) in [6, 6.07) is 3.23. The number of rotatable bonds is 6. The molecule has 1 heterocycles. The van der Waals surface area contributed by atoms with Crippen molar-refractivity contribution in [3.8, 4) is 0 Å². The lowest BCUT2D eigenvalue weighted by molar-refractivity contribution is -0.137. The summed E-state index contributed by atoms with van der Waals surface area (Å²) >= 11 is 5.76. The van der Waals surface area contributed by atoms with Crippen LogP contribution in [0.2, 0.25) is 5.15 Å². The van der Waals surface area contributed by atoms with Gasteiger partial charge in [0.2, 0.25) is 5.91 Å². The van der Waals surface area contributed by atoms with Gasteiger partial charge in [-0.15, -0.1) is 0 Å². The smallest absolute Gasteiger partial charge is 0.341 e. The number of hydrogen-bond acceptors (Lipinski definition) is 5. The van der Waals surface area contributed by atoms with E-state index in [2.05, 4.69) is 10.3 Å². The minimum Gasteiger partial charge on any atom is -0.452 e. The van der Waals surface area contributed by atoms with Crippen molar-refractivity contribution >= 4 is 29.4 Å². The highest BCUT2D eigenvalue weighted by Gasteiger charge is 2.24. The molecule has 7 nitrogen and oxygen atoms in total. The Balaban J connectivity index is 1.77. The molecular weight excluding hydrogens is 310 g/mol. The van der Waals surface area contributed by atoms with E-state index in [1.54, 1.807) is 6.07 Å². The molecule has 0 bridgehead atoms. The number of carbonyl (C=O) groups is 3. The number of likely N-dealkylation sites (N-methyl/N-ethyl adjacent to an activating group) is 1. The fourth-order valence-electron chi connectivity index (χ4n) is 1.66. The summed E-state index contributed by atoms with van der Waals surface area (Å²) in [5, 5.41) is 2.78. The van der Waals surface area contributed by atoms with Crippen molar-refractivity contribution in [3.63, 3.8) is 0 Å². The number of amides is 2. The van der Waals surface area contributed by atoms with Crippen molar-refractivity contribution in [1.82, 2.24) is 15.2 Å². The maximum absolute atomic E-state index is 11.8. The molecule has 0 radical (unpaired) electrons. The summed E-state index contributed by atoms with van der Waals surface area (Å²) in [5.74, 6) is -1.43. The molecule has 1 saturated carbocycles. The van der Waals surface area contributed by atoms with Crippen LogP contribution in [0.15, 0.2) is 18.3 Å². The second kappa shape index (κ2) is 7.22. The molecule has 0 saturated heterocycles. The third-order valence-corrected chi connectivity index (χ3v) is 3.36. The minimum atomic E-state index is -0.734. The van der Waals surface area contributed by atoms with Gasteiger partial charge in [0.05, 0.1) is 12.1 Å². The number of halogens is 1. The first-order valence-electron chi connectivity index (χ1n) is 6.78. The highest BCUT2D eigenvalue weighted by Crippen LogP contribution is 2.18. The van der Waals surface area contributed by atoms with E-state index in [0.717, 1.165) is 12.8 Å². The molecule has 0 aromatic carbocycles. The predicted molar refractivity (Wildman–Crippen MR) is 78.3 cm³/mol. The summed E-state index contributed by atoms with van der Waals surface area (Å²) in [4.78, 5) is 40.1. The molecule has 1 fully saturated rings. The standard InChI is InChI=1S/C14H16ClN3O4/c1-18(7-11(19)17-9-4-5-9)12(20)8-22-14(21)10-3-2-6-16-13(10)15/h2-3,6,9H,4-5,7-8H2,1H3,(H,17,19). The van der Waals surface area contributed by atoms with E-state index in [-0.39, 0.29) is 29.2 Å². The van der Waals surface area contributed by atoms with Gasteiger partial charge in [-0.3, -0.25) is 9.59 Å². The Kier molecular flexibility index (Phi) is 5.32. The van der Waals surface area contributed by atoms with Crippen molar-refractivity contribution in [3.05, 3.63) is 29.0 Å². The maximum atomic E-state index is 11.8. The molecule has 1 aliphatic carbocycles. The zero-order chi connectivity index (χ0) is 16.1. The lowest BCUT2D eigenvalue weighted by Gasteiger charge is -2.16. The molecule has 0 spiro atoms. The zero-order valence-electron chi connectivity index (χ0n) is 12.0. The second-order valence-corrected chi connectivity index (χ2v) is 5.37. The maximum Gasteiger partial charge on any atom is 0.341 e. The summed E-state index contributed by atoms with van der Waals surface area (Å²) in [7, 11) is 1.47. The van der Waals surface area contributed by atoms with Crippen molar-refractivity contribution in [2.45, 2.75) is 18.9 Å². The van der Waals surface area contributed by atoms with Crippen molar-refractivity contribution in [1.29, 1.82) is 0 Å². The lowest BCUT2D eigenvalue weighted by atomic mass is 10.3. The predicted octanol–water partition coefficient (Wildman–Crippen LogP) is 0.629. The molecule has 1 aliphatic rings. The van der Waals surface area contributed by atoms with E-state index >= 15 is 0 Å². The Morgan fingerprint density at radius 3 is 2.82 bits per heavy atom. The fourth-order valence-corrected chi connectivity index (χ4v) is 1.85. The Hall–Kier alpha value is -2.15. The first-order valence-corrected chi connectivity index (χ1v) is 7.16. The number of carbonyl (C=O) groups excluding carboxylic acids is 3. The van der Waals surface area contributed by atoms with Crippen LogP contribution in [-0.4, -0.2) is 53.9 Å². The Morgan fingerprint density at radius 1 is 1.45 bits per heavy atom. The van der Waals surface area contributed by atoms with Crippen LogP contribution in [-0.2, 0) is 14.3 Å². The molecule has 118 valence electrons. The van der Waals surface area contributed by atoms with Gasteiger partial charge >= 0.3 is 5.97 Å². The van der Waals surface area contributed by atoms with Crippen LogP contribution in [0.4, 0.5) is 0 Å². The zero-order valence-corrected chi connectivity index (χ0v) is 12.8. The second-order valence-electron chi connectivity index (χ2n) is 5.01. The molecule has 1 aromatic rings. The Labute approximate surface area is 132 Å². The van der Waals surface area contributed by atoms with Crippen LogP contribution in [0, 0.1) is 0 Å². The van der Waals surface area contributed by atoms with E-state index in [0.29, 0.717) is 0 Å². The number of esters is 1. The van der Waals surface area contributed by atoms with E-state index in [4.69, 9.17) is 16.3 Å². The number of ether oxygens (including phenoxy) is 1. The highest BCUT2D eigenvalue weighted by atomic mass is 35.5. The van der Waals surface area contributed by atoms with Crippen LogP contribution in [0.25, 0.3) is 0 Å². The van der Waals surface area contributed by atoms with Crippen LogP contribution >= 0.6 is 11.6 Å². The summed E-state index contributed by atoms with van der Waals surface area (Å²) < 4.78 is 4.88. The fraction of sp³-hybridized carbons (Fsp3) is 0.429. The first-order chi connectivity index (χ1) is 10.5. The Bertz CT molecular complexity index is 589. The molecule has 2 amide bonds. The average molecular weight is 326 g/mol.